The Kier molecular flexibility index (Phi) is 5.90. The molecule has 1 aliphatic rings. The van der Waals surface area contributed by atoms with Gasteiger partial charge in [-0.1, -0.05) is 48.7 Å². The third-order valence-corrected chi connectivity index (χ3v) is 6.17. The Morgan fingerprint density at radius 3 is 2.58 bits per heavy atom. The molecule has 1 fully saturated rings. The molecule has 26 heavy (non-hydrogen) atoms. The molecule has 2 heterocycles. The van der Waals surface area contributed by atoms with E-state index in [1.165, 1.54) is 12.8 Å². The van der Waals surface area contributed by atoms with Crippen molar-refractivity contribution in [3.63, 3.8) is 0 Å². The van der Waals surface area contributed by atoms with Crippen molar-refractivity contribution in [3.8, 4) is 11.3 Å². The van der Waals surface area contributed by atoms with Crippen LogP contribution in [0.1, 0.15) is 32.6 Å². The van der Waals surface area contributed by atoms with E-state index in [1.807, 2.05) is 12.1 Å². The zero-order chi connectivity index (χ0) is 18.7. The maximum Gasteiger partial charge on any atom is 0.152 e. The second kappa shape index (κ2) is 7.99. The lowest BCUT2D eigenvalue weighted by atomic mass is 9.75. The van der Waals surface area contributed by atoms with Crippen LogP contribution in [-0.4, -0.2) is 29.6 Å². The molecule has 4 N–H and O–H groups in total. The van der Waals surface area contributed by atoms with Crippen molar-refractivity contribution in [3.05, 3.63) is 34.4 Å². The van der Waals surface area contributed by atoms with Gasteiger partial charge in [0.15, 0.2) is 5.82 Å². The first kappa shape index (κ1) is 19.2. The zero-order valence-corrected chi connectivity index (χ0v) is 16.5. The first-order chi connectivity index (χ1) is 12.5. The van der Waals surface area contributed by atoms with Gasteiger partial charge in [0.1, 0.15) is 11.5 Å². The van der Waals surface area contributed by atoms with Gasteiger partial charge in [0.05, 0.1) is 16.2 Å². The van der Waals surface area contributed by atoms with Crippen molar-refractivity contribution in [2.75, 3.05) is 30.3 Å². The van der Waals surface area contributed by atoms with E-state index in [0.717, 1.165) is 38.3 Å². The maximum absolute atomic E-state index is 6.29. The number of halogens is 2. The molecule has 0 saturated carbocycles. The Hall–Kier alpha value is -1.56. The third kappa shape index (κ3) is 3.75. The van der Waals surface area contributed by atoms with Crippen LogP contribution in [0.25, 0.3) is 11.3 Å². The number of nitrogen functional groups attached to an aromatic ring is 1. The molecule has 1 aromatic carbocycles. The fraction of sp³-hybridized carbons (Fsp3) is 0.474. The normalized spacial score (nSPS) is 16.7. The topological polar surface area (TPSA) is 81.1 Å². The van der Waals surface area contributed by atoms with E-state index in [4.69, 9.17) is 34.7 Å². The number of anilines is 2. The van der Waals surface area contributed by atoms with E-state index in [2.05, 4.69) is 21.8 Å². The summed E-state index contributed by atoms with van der Waals surface area (Å²) in [6, 6.07) is 5.40. The highest BCUT2D eigenvalue weighted by molar-refractivity contribution is 6.43. The highest BCUT2D eigenvalue weighted by Crippen LogP contribution is 2.38. The number of piperidine rings is 1. The van der Waals surface area contributed by atoms with Crippen molar-refractivity contribution < 1.29 is 0 Å². The molecule has 2 aromatic rings. The first-order valence-electron chi connectivity index (χ1n) is 9.01. The molecule has 0 spiro atoms. The monoisotopic (exact) mass is 393 g/mol. The van der Waals surface area contributed by atoms with Gasteiger partial charge in [0.2, 0.25) is 0 Å². The van der Waals surface area contributed by atoms with E-state index in [0.29, 0.717) is 27.1 Å². The molecule has 7 heteroatoms. The van der Waals surface area contributed by atoms with E-state index < -0.39 is 0 Å². The Labute approximate surface area is 164 Å². The lowest BCUT2D eigenvalue weighted by molar-refractivity contribution is 0.207. The Bertz CT molecular complexity index is 773. The zero-order valence-electron chi connectivity index (χ0n) is 15.0. The molecule has 0 unspecified atom stereocenters. The third-order valence-electron chi connectivity index (χ3n) is 5.35. The summed E-state index contributed by atoms with van der Waals surface area (Å²) in [5.41, 5.74) is 13.7. The van der Waals surface area contributed by atoms with Gasteiger partial charge in [-0.15, -0.1) is 0 Å². The van der Waals surface area contributed by atoms with Crippen LogP contribution in [-0.2, 0) is 0 Å². The standard InChI is InChI=1S/C19H25Cl2N5/c1-2-6-19(12-22)7-9-26(10-8-19)15-11-24-17(18(23)25-15)13-4-3-5-14(20)16(13)21/h3-5,11H,2,6-10,12,22H2,1H3,(H2,23,25). The number of hydrogen-bond donors (Lipinski definition) is 2. The molecular formula is C19H25Cl2N5. The van der Waals surface area contributed by atoms with Gasteiger partial charge < -0.3 is 16.4 Å². The molecule has 0 amide bonds. The van der Waals surface area contributed by atoms with Crippen LogP contribution < -0.4 is 16.4 Å². The van der Waals surface area contributed by atoms with Gasteiger partial charge in [-0.3, -0.25) is 0 Å². The summed E-state index contributed by atoms with van der Waals surface area (Å²) in [5.74, 6) is 1.16. The summed E-state index contributed by atoms with van der Waals surface area (Å²) in [6.07, 6.45) is 6.25. The summed E-state index contributed by atoms with van der Waals surface area (Å²) >= 11 is 12.4. The first-order valence-corrected chi connectivity index (χ1v) is 9.77. The summed E-state index contributed by atoms with van der Waals surface area (Å²) in [5, 5.41) is 0.910. The number of hydrogen-bond acceptors (Lipinski definition) is 5. The van der Waals surface area contributed by atoms with Gasteiger partial charge in [0, 0.05) is 18.7 Å². The van der Waals surface area contributed by atoms with Crippen molar-refractivity contribution in [2.45, 2.75) is 32.6 Å². The number of benzene rings is 1. The molecule has 0 atom stereocenters. The predicted molar refractivity (Wildman–Crippen MR) is 110 cm³/mol. The molecular weight excluding hydrogens is 369 g/mol. The number of rotatable bonds is 5. The fourth-order valence-electron chi connectivity index (χ4n) is 3.74. The largest absolute Gasteiger partial charge is 0.382 e. The minimum atomic E-state index is 0.262. The molecule has 0 radical (unpaired) electrons. The van der Waals surface area contributed by atoms with Crippen LogP contribution in [0.3, 0.4) is 0 Å². The molecule has 3 rings (SSSR count). The number of nitrogens with zero attached hydrogens (tertiary/aromatic N) is 3. The predicted octanol–water partition coefficient (Wildman–Crippen LogP) is 4.38. The van der Waals surface area contributed by atoms with E-state index in [-0.39, 0.29) is 5.41 Å². The second-order valence-corrected chi connectivity index (χ2v) is 7.79. The Morgan fingerprint density at radius 1 is 1.23 bits per heavy atom. The SMILES string of the molecule is CCCC1(CN)CCN(c2cnc(-c3cccc(Cl)c3Cl)c(N)n2)CC1. The number of nitrogens with two attached hydrogens (primary N) is 2. The molecule has 140 valence electrons. The summed E-state index contributed by atoms with van der Waals surface area (Å²) < 4.78 is 0. The molecule has 1 aliphatic heterocycles. The van der Waals surface area contributed by atoms with Crippen LogP contribution >= 0.6 is 23.2 Å². The molecule has 0 aliphatic carbocycles. The van der Waals surface area contributed by atoms with Crippen molar-refractivity contribution in [1.82, 2.24) is 9.97 Å². The van der Waals surface area contributed by atoms with Crippen LogP contribution in [0.15, 0.2) is 24.4 Å². The maximum atomic E-state index is 6.29. The van der Waals surface area contributed by atoms with Crippen LogP contribution in [0.2, 0.25) is 10.0 Å². The van der Waals surface area contributed by atoms with Gasteiger partial charge in [-0.2, -0.15) is 0 Å². The molecule has 1 aromatic heterocycles. The smallest absolute Gasteiger partial charge is 0.152 e. The van der Waals surface area contributed by atoms with E-state index >= 15 is 0 Å². The highest BCUT2D eigenvalue weighted by Gasteiger charge is 2.33. The van der Waals surface area contributed by atoms with E-state index in [9.17, 15) is 0 Å². The highest BCUT2D eigenvalue weighted by atomic mass is 35.5. The molecule has 5 nitrogen and oxygen atoms in total. The van der Waals surface area contributed by atoms with Crippen LogP contribution in [0.5, 0.6) is 0 Å². The molecule has 1 saturated heterocycles. The average Bonchev–Trinajstić information content (AvgIpc) is 2.65. The summed E-state index contributed by atoms with van der Waals surface area (Å²) in [6.45, 7) is 4.80. The lowest BCUT2D eigenvalue weighted by Gasteiger charge is -2.41. The summed E-state index contributed by atoms with van der Waals surface area (Å²) in [4.78, 5) is 11.3. The van der Waals surface area contributed by atoms with Gasteiger partial charge in [-0.25, -0.2) is 9.97 Å². The Morgan fingerprint density at radius 2 is 1.96 bits per heavy atom. The van der Waals surface area contributed by atoms with Crippen molar-refractivity contribution >= 4 is 34.8 Å². The van der Waals surface area contributed by atoms with Gasteiger partial charge in [-0.05, 0) is 37.3 Å². The molecule has 0 bridgehead atoms. The minimum Gasteiger partial charge on any atom is -0.382 e. The average molecular weight is 394 g/mol. The minimum absolute atomic E-state index is 0.262. The Balaban J connectivity index is 1.80. The van der Waals surface area contributed by atoms with Gasteiger partial charge >= 0.3 is 0 Å². The van der Waals surface area contributed by atoms with Crippen LogP contribution in [0.4, 0.5) is 11.6 Å². The fourth-order valence-corrected chi connectivity index (χ4v) is 4.13. The van der Waals surface area contributed by atoms with E-state index in [1.54, 1.807) is 12.3 Å². The van der Waals surface area contributed by atoms with Crippen LogP contribution in [0, 0.1) is 5.41 Å². The summed E-state index contributed by atoms with van der Waals surface area (Å²) in [7, 11) is 0. The lowest BCUT2D eigenvalue weighted by Crippen LogP contribution is -2.44. The number of aromatic nitrogens is 2. The van der Waals surface area contributed by atoms with Gasteiger partial charge in [0.25, 0.3) is 0 Å². The van der Waals surface area contributed by atoms with Crippen molar-refractivity contribution in [1.29, 1.82) is 0 Å². The van der Waals surface area contributed by atoms with Crippen molar-refractivity contribution in [2.24, 2.45) is 11.1 Å². The second-order valence-electron chi connectivity index (χ2n) is 7.00. The quantitative estimate of drug-likeness (QED) is 0.787.